The van der Waals surface area contributed by atoms with E-state index in [1.54, 1.807) is 5.32 Å². The summed E-state index contributed by atoms with van der Waals surface area (Å²) in [5.41, 5.74) is 0.468. The first-order chi connectivity index (χ1) is 11.0. The first-order valence-corrected chi connectivity index (χ1v) is 7.10. The number of nitrogens with two attached hydrogens (primary N) is 1. The predicted molar refractivity (Wildman–Crippen MR) is 77.7 cm³/mol. The third-order valence-electron chi connectivity index (χ3n) is 3.60. The zero-order chi connectivity index (χ0) is 16.4. The minimum absolute atomic E-state index is 0.00933. The van der Waals surface area contributed by atoms with Gasteiger partial charge in [-0.1, -0.05) is 0 Å². The summed E-state index contributed by atoms with van der Waals surface area (Å²) < 4.78 is 13.3. The number of aromatic amines is 1. The van der Waals surface area contributed by atoms with Crippen molar-refractivity contribution in [2.45, 2.75) is 12.5 Å². The van der Waals surface area contributed by atoms with Gasteiger partial charge >= 0.3 is 0 Å². The van der Waals surface area contributed by atoms with Gasteiger partial charge in [-0.05, 0) is 18.2 Å². The molecule has 1 aliphatic rings. The Kier molecular flexibility index (Phi) is 4.02. The zero-order valence-electron chi connectivity index (χ0n) is 12.0. The number of nitrogens with one attached hydrogen (secondary N) is 2. The number of carbonyl (C=O) groups is 2. The number of aromatic hydroxyl groups is 1. The van der Waals surface area contributed by atoms with Crippen LogP contribution in [0.25, 0.3) is 10.9 Å². The van der Waals surface area contributed by atoms with Crippen LogP contribution in [-0.2, 0) is 9.59 Å². The molecule has 23 heavy (non-hydrogen) atoms. The van der Waals surface area contributed by atoms with Crippen LogP contribution >= 0.6 is 0 Å². The molecule has 9 heteroatoms. The molecule has 0 spiro atoms. The molecule has 1 aliphatic heterocycles. The second-order valence-electron chi connectivity index (χ2n) is 5.23. The van der Waals surface area contributed by atoms with Crippen molar-refractivity contribution in [3.63, 3.8) is 0 Å². The Labute approximate surface area is 129 Å². The topological polar surface area (TPSA) is 124 Å². The van der Waals surface area contributed by atoms with E-state index in [9.17, 15) is 19.1 Å². The maximum absolute atomic E-state index is 13.3. The lowest BCUT2D eigenvalue weighted by Gasteiger charge is -2.18. The van der Waals surface area contributed by atoms with Gasteiger partial charge in [0.05, 0.1) is 25.0 Å². The normalized spacial score (nSPS) is 18.5. The number of azo groups is 1. The molecule has 2 heterocycles. The van der Waals surface area contributed by atoms with Gasteiger partial charge in [0.25, 0.3) is 11.8 Å². The summed E-state index contributed by atoms with van der Waals surface area (Å²) in [6.07, 6.45) is -0.0905. The molecular formula is C14H15FN5O3+. The largest absolute Gasteiger partial charge is 0.493 e. The average Bonchev–Trinajstić information content (AvgIpc) is 2.82. The van der Waals surface area contributed by atoms with E-state index in [-0.39, 0.29) is 23.9 Å². The highest BCUT2D eigenvalue weighted by atomic mass is 19.1. The summed E-state index contributed by atoms with van der Waals surface area (Å²) in [6, 6.07) is 3.35. The molecule has 0 aliphatic carbocycles. The number of hydrogen-bond acceptors (Lipinski definition) is 4. The van der Waals surface area contributed by atoms with Crippen molar-refractivity contribution < 1.29 is 24.4 Å². The van der Waals surface area contributed by atoms with Gasteiger partial charge in [0.15, 0.2) is 11.7 Å². The molecule has 0 radical (unpaired) electrons. The van der Waals surface area contributed by atoms with E-state index >= 15 is 0 Å². The predicted octanol–water partition coefficient (Wildman–Crippen LogP) is 0.0748. The third kappa shape index (κ3) is 3.19. The highest BCUT2D eigenvalue weighted by molar-refractivity contribution is 5.94. The van der Waals surface area contributed by atoms with Crippen LogP contribution in [-0.4, -0.2) is 41.0 Å². The van der Waals surface area contributed by atoms with Gasteiger partial charge in [-0.15, -0.1) is 10.2 Å². The number of amides is 2. The van der Waals surface area contributed by atoms with E-state index in [0.29, 0.717) is 24.0 Å². The standard InChI is InChI=1S/C14H14FN5O3/c15-7-1-2-9-8(5-7)12(14(23)18-9)20-19-11(21)6-10-13(22)17-4-3-16-10/h1-2,5,10,16,18,23H,3-4,6H2,(H,17,22)/p+1/t10-/m1/s1. The minimum Gasteiger partial charge on any atom is -0.493 e. The van der Waals surface area contributed by atoms with Gasteiger partial charge in [-0.2, -0.15) is 0 Å². The van der Waals surface area contributed by atoms with Crippen LogP contribution in [0.2, 0.25) is 0 Å². The summed E-state index contributed by atoms with van der Waals surface area (Å²) in [7, 11) is 0. The molecule has 1 aromatic heterocycles. The number of halogens is 1. The lowest BCUT2D eigenvalue weighted by atomic mass is 10.1. The SMILES string of the molecule is O=C(C[C@H]1[NH2+]CCNC1=O)N=Nc1c(O)[nH]c2ccc(F)cc12. The van der Waals surface area contributed by atoms with Crippen molar-refractivity contribution in [1.82, 2.24) is 10.3 Å². The Morgan fingerprint density at radius 3 is 3.09 bits per heavy atom. The quantitative estimate of drug-likeness (QED) is 0.598. The highest BCUT2D eigenvalue weighted by Crippen LogP contribution is 2.35. The number of H-pyrrole nitrogens is 1. The Bertz CT molecular complexity index is 801. The third-order valence-corrected chi connectivity index (χ3v) is 3.60. The molecule has 5 N–H and O–H groups in total. The number of fused-ring (bicyclic) bond motifs is 1. The van der Waals surface area contributed by atoms with Crippen molar-refractivity contribution in [1.29, 1.82) is 0 Å². The summed E-state index contributed by atoms with van der Waals surface area (Å²) in [5.74, 6) is -1.60. The van der Waals surface area contributed by atoms with Crippen LogP contribution in [0.3, 0.4) is 0 Å². The van der Waals surface area contributed by atoms with E-state index in [0.717, 1.165) is 0 Å². The Morgan fingerprint density at radius 1 is 1.48 bits per heavy atom. The van der Waals surface area contributed by atoms with Gasteiger partial charge in [0, 0.05) is 5.39 Å². The van der Waals surface area contributed by atoms with Gasteiger partial charge in [0.1, 0.15) is 5.82 Å². The van der Waals surface area contributed by atoms with Crippen molar-refractivity contribution in [2.75, 3.05) is 13.1 Å². The van der Waals surface area contributed by atoms with Crippen LogP contribution in [0.4, 0.5) is 10.1 Å². The molecular weight excluding hydrogens is 305 g/mol. The van der Waals surface area contributed by atoms with Crippen molar-refractivity contribution in [3.05, 3.63) is 24.0 Å². The molecule has 1 saturated heterocycles. The van der Waals surface area contributed by atoms with Gasteiger partial charge < -0.3 is 20.7 Å². The number of nitrogens with zero attached hydrogens (tertiary/aromatic N) is 2. The highest BCUT2D eigenvalue weighted by Gasteiger charge is 2.27. The van der Waals surface area contributed by atoms with Crippen LogP contribution in [0.5, 0.6) is 5.88 Å². The number of piperazine rings is 1. The van der Waals surface area contributed by atoms with Crippen molar-refractivity contribution in [3.8, 4) is 5.88 Å². The van der Waals surface area contributed by atoms with Crippen molar-refractivity contribution in [2.24, 2.45) is 10.2 Å². The summed E-state index contributed by atoms with van der Waals surface area (Å²) in [6.45, 7) is 1.27. The summed E-state index contributed by atoms with van der Waals surface area (Å²) in [5, 5.41) is 21.8. The molecule has 120 valence electrons. The molecule has 1 aromatic carbocycles. The van der Waals surface area contributed by atoms with E-state index in [4.69, 9.17) is 0 Å². The smallest absolute Gasteiger partial charge is 0.279 e. The number of benzene rings is 1. The molecule has 1 atom stereocenters. The molecule has 0 saturated carbocycles. The van der Waals surface area contributed by atoms with Gasteiger partial charge in [0.2, 0.25) is 5.88 Å². The van der Waals surface area contributed by atoms with Crippen LogP contribution in [0.1, 0.15) is 6.42 Å². The Hall–Kier alpha value is -2.81. The van der Waals surface area contributed by atoms with Crippen LogP contribution < -0.4 is 10.6 Å². The molecule has 3 rings (SSSR count). The number of aromatic nitrogens is 1. The Balaban J connectivity index is 1.77. The van der Waals surface area contributed by atoms with Crippen molar-refractivity contribution >= 4 is 28.4 Å². The van der Waals surface area contributed by atoms with E-state index in [1.807, 2.05) is 0 Å². The molecule has 2 amide bonds. The summed E-state index contributed by atoms with van der Waals surface area (Å²) in [4.78, 5) is 26.0. The second kappa shape index (κ2) is 6.13. The van der Waals surface area contributed by atoms with E-state index in [1.165, 1.54) is 18.2 Å². The number of carbonyl (C=O) groups excluding carboxylic acids is 2. The fraction of sp³-hybridized carbons (Fsp3) is 0.286. The van der Waals surface area contributed by atoms with Crippen LogP contribution in [0, 0.1) is 5.82 Å². The van der Waals surface area contributed by atoms with Gasteiger partial charge in [-0.25, -0.2) is 4.39 Å². The van der Waals surface area contributed by atoms with E-state index in [2.05, 4.69) is 20.5 Å². The molecule has 2 aromatic rings. The average molecular weight is 320 g/mol. The minimum atomic E-state index is -0.589. The summed E-state index contributed by atoms with van der Waals surface area (Å²) >= 11 is 0. The fourth-order valence-corrected chi connectivity index (χ4v) is 2.47. The lowest BCUT2D eigenvalue weighted by molar-refractivity contribution is -0.678. The number of rotatable bonds is 3. The van der Waals surface area contributed by atoms with E-state index < -0.39 is 17.8 Å². The lowest BCUT2D eigenvalue weighted by Crippen LogP contribution is -2.96. The fourth-order valence-electron chi connectivity index (χ4n) is 2.47. The molecule has 0 unspecified atom stereocenters. The maximum Gasteiger partial charge on any atom is 0.279 e. The second-order valence-corrected chi connectivity index (χ2v) is 5.23. The number of hydrogen-bond donors (Lipinski definition) is 4. The zero-order valence-corrected chi connectivity index (χ0v) is 12.0. The molecule has 1 fully saturated rings. The number of quaternary nitrogens is 1. The molecule has 0 bridgehead atoms. The maximum atomic E-state index is 13.3. The molecule has 8 nitrogen and oxygen atoms in total. The monoisotopic (exact) mass is 320 g/mol. The van der Waals surface area contributed by atoms with Gasteiger partial charge in [-0.3, -0.25) is 9.59 Å². The first kappa shape index (κ1) is 15.1. The Morgan fingerprint density at radius 2 is 2.30 bits per heavy atom. The first-order valence-electron chi connectivity index (χ1n) is 7.10. The van der Waals surface area contributed by atoms with Crippen LogP contribution in [0.15, 0.2) is 28.4 Å².